The second-order valence-electron chi connectivity index (χ2n) is 5.62. The number of imidazole rings is 1. The highest BCUT2D eigenvalue weighted by atomic mass is 16.3. The number of rotatable bonds is 5. The third-order valence-corrected chi connectivity index (χ3v) is 3.91. The van der Waals surface area contributed by atoms with E-state index >= 15 is 0 Å². The molecule has 0 fully saturated rings. The number of Topliss-reactive ketones (excluding diaryl/α,β-unsaturated/α-hetero) is 1. The topological polar surface area (TPSA) is 67.2 Å². The fourth-order valence-corrected chi connectivity index (χ4v) is 2.55. The van der Waals surface area contributed by atoms with E-state index in [9.17, 15) is 4.79 Å². The van der Waals surface area contributed by atoms with Crippen molar-refractivity contribution in [2.45, 2.75) is 13.5 Å². The summed E-state index contributed by atoms with van der Waals surface area (Å²) in [5.41, 5.74) is 4.81. The van der Waals surface area contributed by atoms with Gasteiger partial charge in [0.05, 0.1) is 11.0 Å². The number of hydrogen-bond donors (Lipinski definition) is 2. The van der Waals surface area contributed by atoms with Crippen LogP contribution in [0.25, 0.3) is 11.0 Å². The van der Waals surface area contributed by atoms with Gasteiger partial charge in [0.1, 0.15) is 6.61 Å². The predicted molar refractivity (Wildman–Crippen MR) is 90.6 cm³/mol. The van der Waals surface area contributed by atoms with Gasteiger partial charge in [0, 0.05) is 19.2 Å². The molecule has 0 aliphatic heterocycles. The van der Waals surface area contributed by atoms with Crippen LogP contribution in [0.3, 0.4) is 0 Å². The molecule has 0 saturated carbocycles. The Balaban J connectivity index is 1.75. The van der Waals surface area contributed by atoms with Gasteiger partial charge in [-0.1, -0.05) is 30.3 Å². The van der Waals surface area contributed by atoms with Crippen molar-refractivity contribution in [3.63, 3.8) is 0 Å². The van der Waals surface area contributed by atoms with Crippen molar-refractivity contribution in [3.8, 4) is 0 Å². The monoisotopic (exact) mass is 309 g/mol. The van der Waals surface area contributed by atoms with Crippen LogP contribution in [-0.2, 0) is 13.6 Å². The molecule has 23 heavy (non-hydrogen) atoms. The molecule has 0 amide bonds. The zero-order valence-electron chi connectivity index (χ0n) is 13.2. The summed E-state index contributed by atoms with van der Waals surface area (Å²) in [4.78, 5) is 16.0. The van der Waals surface area contributed by atoms with E-state index < -0.39 is 6.61 Å². The molecule has 2 aromatic carbocycles. The lowest BCUT2D eigenvalue weighted by Crippen LogP contribution is -2.06. The molecule has 0 saturated heterocycles. The normalized spacial score (nSPS) is 10.9. The zero-order chi connectivity index (χ0) is 16.4. The first kappa shape index (κ1) is 15.2. The van der Waals surface area contributed by atoms with Gasteiger partial charge in [-0.2, -0.15) is 0 Å². The van der Waals surface area contributed by atoms with Crippen LogP contribution in [0.4, 0.5) is 5.95 Å². The van der Waals surface area contributed by atoms with Gasteiger partial charge in [-0.05, 0) is 30.2 Å². The third kappa shape index (κ3) is 3.10. The van der Waals surface area contributed by atoms with Crippen LogP contribution in [0.1, 0.15) is 21.5 Å². The molecule has 3 aromatic rings. The predicted octanol–water partition coefficient (Wildman–Crippen LogP) is 2.67. The Morgan fingerprint density at radius 2 is 1.96 bits per heavy atom. The molecule has 2 N–H and O–H groups in total. The standard InChI is InChI=1S/C18H19N3O2/c1-12-3-8-16-15(9-12)20-18(21(16)2)19-10-13-4-6-14(7-5-13)17(23)11-22/h3-9,22H,10-11H2,1-2H3,(H,19,20). The smallest absolute Gasteiger partial charge is 0.203 e. The number of hydrogen-bond acceptors (Lipinski definition) is 4. The fourth-order valence-electron chi connectivity index (χ4n) is 2.55. The van der Waals surface area contributed by atoms with Crippen LogP contribution in [0.15, 0.2) is 42.5 Å². The maximum absolute atomic E-state index is 11.4. The highest BCUT2D eigenvalue weighted by Crippen LogP contribution is 2.20. The average molecular weight is 309 g/mol. The van der Waals surface area contributed by atoms with Gasteiger partial charge in [0.2, 0.25) is 5.95 Å². The maximum Gasteiger partial charge on any atom is 0.203 e. The van der Waals surface area contributed by atoms with Crippen LogP contribution in [0, 0.1) is 6.92 Å². The maximum atomic E-state index is 11.4. The highest BCUT2D eigenvalue weighted by molar-refractivity contribution is 5.96. The lowest BCUT2D eigenvalue weighted by molar-refractivity contribution is 0.0903. The van der Waals surface area contributed by atoms with E-state index in [1.807, 2.05) is 23.7 Å². The molecule has 5 nitrogen and oxygen atoms in total. The number of aromatic nitrogens is 2. The van der Waals surface area contributed by atoms with E-state index in [0.29, 0.717) is 12.1 Å². The number of aryl methyl sites for hydroxylation is 2. The number of benzene rings is 2. The van der Waals surface area contributed by atoms with E-state index in [4.69, 9.17) is 5.11 Å². The molecule has 0 bridgehead atoms. The molecule has 5 heteroatoms. The number of carbonyl (C=O) groups excluding carboxylic acids is 1. The van der Waals surface area contributed by atoms with Gasteiger partial charge < -0.3 is 15.0 Å². The molecule has 0 aliphatic rings. The van der Waals surface area contributed by atoms with Crippen molar-refractivity contribution < 1.29 is 9.90 Å². The second-order valence-corrected chi connectivity index (χ2v) is 5.62. The molecule has 0 aliphatic carbocycles. The molecule has 0 unspecified atom stereocenters. The summed E-state index contributed by atoms with van der Waals surface area (Å²) in [6, 6.07) is 13.4. The summed E-state index contributed by atoms with van der Waals surface area (Å²) in [5, 5.41) is 12.2. The van der Waals surface area contributed by atoms with Crippen LogP contribution in [0.2, 0.25) is 0 Å². The van der Waals surface area contributed by atoms with Gasteiger partial charge in [0.25, 0.3) is 0 Å². The van der Waals surface area contributed by atoms with Gasteiger partial charge in [-0.3, -0.25) is 4.79 Å². The molecule has 118 valence electrons. The van der Waals surface area contributed by atoms with Crippen molar-refractivity contribution in [1.29, 1.82) is 0 Å². The molecular formula is C18H19N3O2. The van der Waals surface area contributed by atoms with E-state index in [1.54, 1.807) is 12.1 Å². The van der Waals surface area contributed by atoms with Crippen LogP contribution in [-0.4, -0.2) is 27.0 Å². The average Bonchev–Trinajstić information content (AvgIpc) is 2.88. The van der Waals surface area contributed by atoms with Crippen LogP contribution < -0.4 is 5.32 Å². The SMILES string of the molecule is Cc1ccc2c(c1)nc(NCc1ccc(C(=O)CO)cc1)n2C. The number of fused-ring (bicyclic) bond motifs is 1. The highest BCUT2D eigenvalue weighted by Gasteiger charge is 2.08. The molecule has 0 spiro atoms. The Kier molecular flexibility index (Phi) is 4.12. The number of carbonyl (C=O) groups is 1. The van der Waals surface area contributed by atoms with Crippen molar-refractivity contribution in [3.05, 3.63) is 59.2 Å². The summed E-state index contributed by atoms with van der Waals surface area (Å²) in [6.45, 7) is 2.21. The molecule has 3 rings (SSSR count). The second kappa shape index (κ2) is 6.22. The van der Waals surface area contributed by atoms with Crippen molar-refractivity contribution in [2.24, 2.45) is 7.05 Å². The van der Waals surface area contributed by atoms with Gasteiger partial charge in [-0.15, -0.1) is 0 Å². The number of aliphatic hydroxyl groups excluding tert-OH is 1. The van der Waals surface area contributed by atoms with E-state index in [1.165, 1.54) is 5.56 Å². The number of nitrogens with zero attached hydrogens (tertiary/aromatic N) is 2. The van der Waals surface area contributed by atoms with Gasteiger partial charge in [-0.25, -0.2) is 4.98 Å². The van der Waals surface area contributed by atoms with E-state index in [-0.39, 0.29) is 5.78 Å². The van der Waals surface area contributed by atoms with Crippen molar-refractivity contribution >= 4 is 22.8 Å². The first-order chi connectivity index (χ1) is 11.1. The minimum absolute atomic E-state index is 0.268. The quantitative estimate of drug-likeness (QED) is 0.711. The Bertz CT molecular complexity index is 851. The van der Waals surface area contributed by atoms with Crippen LogP contribution >= 0.6 is 0 Å². The number of nitrogens with one attached hydrogen (secondary N) is 1. The summed E-state index contributed by atoms with van der Waals surface area (Å²) in [7, 11) is 1.98. The molecule has 0 radical (unpaired) electrons. The summed E-state index contributed by atoms with van der Waals surface area (Å²) < 4.78 is 2.03. The first-order valence-corrected chi connectivity index (χ1v) is 7.48. The van der Waals surface area contributed by atoms with Gasteiger partial charge >= 0.3 is 0 Å². The van der Waals surface area contributed by atoms with Crippen LogP contribution in [0.5, 0.6) is 0 Å². The Morgan fingerprint density at radius 1 is 1.22 bits per heavy atom. The van der Waals surface area contributed by atoms with Gasteiger partial charge in [0.15, 0.2) is 5.78 Å². The summed E-state index contributed by atoms with van der Waals surface area (Å²) in [6.07, 6.45) is 0. The molecule has 1 heterocycles. The minimum Gasteiger partial charge on any atom is -0.388 e. The lowest BCUT2D eigenvalue weighted by atomic mass is 10.1. The number of anilines is 1. The van der Waals surface area contributed by atoms with Crippen molar-refractivity contribution in [2.75, 3.05) is 11.9 Å². The Labute approximate surface area is 134 Å². The Hall–Kier alpha value is -2.66. The first-order valence-electron chi connectivity index (χ1n) is 7.48. The van der Waals surface area contributed by atoms with E-state index in [2.05, 4.69) is 35.4 Å². The third-order valence-electron chi connectivity index (χ3n) is 3.91. The number of ketones is 1. The Morgan fingerprint density at radius 3 is 2.65 bits per heavy atom. The summed E-state index contributed by atoms with van der Waals surface area (Å²) >= 11 is 0. The number of aliphatic hydroxyl groups is 1. The zero-order valence-corrected chi connectivity index (χ0v) is 13.2. The molecule has 0 atom stereocenters. The summed E-state index contributed by atoms with van der Waals surface area (Å²) in [5.74, 6) is 0.538. The van der Waals surface area contributed by atoms with Crippen molar-refractivity contribution in [1.82, 2.24) is 9.55 Å². The molecule has 1 aromatic heterocycles. The fraction of sp³-hybridized carbons (Fsp3) is 0.222. The minimum atomic E-state index is -0.461. The lowest BCUT2D eigenvalue weighted by Gasteiger charge is -2.07. The van der Waals surface area contributed by atoms with E-state index in [0.717, 1.165) is 22.5 Å². The molecular weight excluding hydrogens is 290 g/mol. The largest absolute Gasteiger partial charge is 0.388 e.